The number of hydrogen-bond acceptors (Lipinski definition) is 8. The molecule has 3 aliphatic heterocycles. The highest BCUT2D eigenvalue weighted by molar-refractivity contribution is 5.87. The van der Waals surface area contributed by atoms with Gasteiger partial charge in [-0.05, 0) is 64.9 Å². The molecule has 0 radical (unpaired) electrons. The number of epoxide rings is 1. The first-order valence-corrected chi connectivity index (χ1v) is 15.4. The molecule has 4 rings (SSSR count). The number of carbonyl (C=O) groups excluding carboxylic acids is 3. The average molecular weight is 589 g/mol. The Hall–Kier alpha value is -2.53. The molecular weight excluding hydrogens is 540 g/mol. The van der Waals surface area contributed by atoms with Crippen LogP contribution in [0.2, 0.25) is 0 Å². The zero-order chi connectivity index (χ0) is 30.4. The third kappa shape index (κ3) is 8.99. The van der Waals surface area contributed by atoms with Crippen LogP contribution in [0, 0.1) is 5.92 Å². The van der Waals surface area contributed by atoms with Crippen LogP contribution in [-0.2, 0) is 33.3 Å². The van der Waals surface area contributed by atoms with E-state index in [4.69, 9.17) is 18.9 Å². The minimum absolute atomic E-state index is 0.00124. The van der Waals surface area contributed by atoms with Crippen molar-refractivity contribution in [1.82, 2.24) is 10.6 Å². The van der Waals surface area contributed by atoms with Gasteiger partial charge in [0.05, 0.1) is 37.4 Å². The maximum absolute atomic E-state index is 12.5. The third-order valence-corrected chi connectivity index (χ3v) is 8.81. The van der Waals surface area contributed by atoms with Gasteiger partial charge in [-0.1, -0.05) is 30.7 Å². The van der Waals surface area contributed by atoms with Gasteiger partial charge in [-0.3, -0.25) is 14.4 Å². The van der Waals surface area contributed by atoms with Crippen LogP contribution in [0.4, 0.5) is 0 Å². The standard InChI is InChI=1S/C32H48N2O8/c1-19(9-12-27-20(2)15-26(22(4)41-27)34-29(36)14-11-21(3)40-23(5)35)10-13-28-31(38)32(18-39-32)17-25(42-28)16-30(37)33-24-7-6-8-24/h9-11,13-14,20-22,24-28,31,38H,6-8,12,15-18H2,1-5H3,(H,33,37)(H,34,36)/b13-10+,14-11-,19-9+/t20-,21-,22+,25+,26+,27-,28+,31?,32+/m0/s1. The molecule has 1 aliphatic carbocycles. The van der Waals surface area contributed by atoms with Crippen LogP contribution < -0.4 is 10.6 Å². The summed E-state index contributed by atoms with van der Waals surface area (Å²) in [4.78, 5) is 35.9. The quantitative estimate of drug-likeness (QED) is 0.145. The van der Waals surface area contributed by atoms with Crippen LogP contribution in [-0.4, -0.2) is 83.8 Å². The van der Waals surface area contributed by atoms with Gasteiger partial charge >= 0.3 is 5.97 Å². The summed E-state index contributed by atoms with van der Waals surface area (Å²) in [6, 6.07) is 0.170. The number of hydrogen-bond donors (Lipinski definition) is 3. The van der Waals surface area contributed by atoms with Crippen molar-refractivity contribution in [3.63, 3.8) is 0 Å². The molecule has 1 unspecified atom stereocenters. The maximum atomic E-state index is 12.5. The topological polar surface area (TPSA) is 136 Å². The summed E-state index contributed by atoms with van der Waals surface area (Å²) < 4.78 is 23.1. The van der Waals surface area contributed by atoms with Crippen LogP contribution in [0.1, 0.15) is 79.6 Å². The Morgan fingerprint density at radius 3 is 2.50 bits per heavy atom. The number of aliphatic hydroxyl groups excluding tert-OH is 1. The zero-order valence-electron chi connectivity index (χ0n) is 25.5. The van der Waals surface area contributed by atoms with E-state index in [0.717, 1.165) is 31.3 Å². The fraction of sp³-hybridized carbons (Fsp3) is 0.719. The van der Waals surface area contributed by atoms with Crippen LogP contribution in [0.15, 0.2) is 36.0 Å². The molecule has 3 N–H and O–H groups in total. The molecule has 42 heavy (non-hydrogen) atoms. The molecule has 4 aliphatic rings. The van der Waals surface area contributed by atoms with E-state index < -0.39 is 29.9 Å². The van der Waals surface area contributed by atoms with Gasteiger partial charge in [0, 0.05) is 25.5 Å². The van der Waals surface area contributed by atoms with E-state index in [1.165, 1.54) is 13.0 Å². The number of rotatable bonds is 11. The molecule has 3 heterocycles. The van der Waals surface area contributed by atoms with E-state index in [0.29, 0.717) is 19.4 Å². The van der Waals surface area contributed by atoms with Gasteiger partial charge in [0.25, 0.3) is 0 Å². The van der Waals surface area contributed by atoms with Gasteiger partial charge in [-0.2, -0.15) is 0 Å². The molecule has 4 fully saturated rings. The SMILES string of the molecule is CC(=O)O[C@@H](C)/C=C\C(=O)N[C@@H]1C[C@H](C)[C@H](C/C=C(C)/C=C/[C@H]2O[C@H](CC(=O)NC3CCC3)C[C@@]3(CO3)C2O)O[C@@H]1C. The van der Waals surface area contributed by atoms with Crippen molar-refractivity contribution in [2.24, 2.45) is 5.92 Å². The van der Waals surface area contributed by atoms with Gasteiger partial charge in [0.15, 0.2) is 0 Å². The Kier molecular flexibility index (Phi) is 11.0. The summed E-state index contributed by atoms with van der Waals surface area (Å²) in [5.74, 6) is -0.409. The first-order chi connectivity index (χ1) is 19.9. The summed E-state index contributed by atoms with van der Waals surface area (Å²) in [6.07, 6.45) is 12.2. The van der Waals surface area contributed by atoms with Crippen molar-refractivity contribution in [2.75, 3.05) is 6.61 Å². The van der Waals surface area contributed by atoms with Crippen molar-refractivity contribution in [1.29, 1.82) is 0 Å². The lowest BCUT2D eigenvalue weighted by Crippen LogP contribution is -2.51. The Morgan fingerprint density at radius 2 is 1.86 bits per heavy atom. The second-order valence-electron chi connectivity index (χ2n) is 12.5. The molecule has 10 heteroatoms. The second-order valence-corrected chi connectivity index (χ2v) is 12.5. The Labute approximate surface area is 249 Å². The van der Waals surface area contributed by atoms with Crippen LogP contribution in [0.25, 0.3) is 0 Å². The molecule has 2 amide bonds. The number of carbonyl (C=O) groups is 3. The summed E-state index contributed by atoms with van der Waals surface area (Å²) in [5, 5.41) is 17.0. The molecule has 0 aromatic carbocycles. The van der Waals surface area contributed by atoms with E-state index in [1.54, 1.807) is 13.0 Å². The molecule has 1 saturated carbocycles. The second kappa shape index (κ2) is 14.3. The highest BCUT2D eigenvalue weighted by Crippen LogP contribution is 2.43. The van der Waals surface area contributed by atoms with Gasteiger partial charge < -0.3 is 34.7 Å². The van der Waals surface area contributed by atoms with Crippen molar-refractivity contribution >= 4 is 17.8 Å². The number of esters is 1. The normalized spacial score (nSPS) is 36.0. The van der Waals surface area contributed by atoms with E-state index in [2.05, 4.69) is 23.6 Å². The molecular formula is C32H48N2O8. The average Bonchev–Trinajstić information content (AvgIpc) is 3.67. The number of amides is 2. The molecule has 9 atom stereocenters. The molecule has 1 spiro atoms. The van der Waals surface area contributed by atoms with Crippen molar-refractivity contribution in [2.45, 2.75) is 134 Å². The monoisotopic (exact) mass is 588 g/mol. The lowest BCUT2D eigenvalue weighted by Gasteiger charge is -2.39. The summed E-state index contributed by atoms with van der Waals surface area (Å²) >= 11 is 0. The van der Waals surface area contributed by atoms with Crippen molar-refractivity contribution < 1.29 is 38.4 Å². The highest BCUT2D eigenvalue weighted by atomic mass is 16.6. The molecule has 0 aromatic heterocycles. The van der Waals surface area contributed by atoms with E-state index in [9.17, 15) is 19.5 Å². The molecule has 0 bridgehead atoms. The minimum Gasteiger partial charge on any atom is -0.459 e. The predicted molar refractivity (Wildman–Crippen MR) is 156 cm³/mol. The van der Waals surface area contributed by atoms with E-state index >= 15 is 0 Å². The Morgan fingerprint density at radius 1 is 1.12 bits per heavy atom. The van der Waals surface area contributed by atoms with E-state index in [-0.39, 0.29) is 54.5 Å². The van der Waals surface area contributed by atoms with Crippen molar-refractivity contribution in [3.8, 4) is 0 Å². The van der Waals surface area contributed by atoms with Gasteiger partial charge in [-0.15, -0.1) is 0 Å². The number of ether oxygens (including phenoxy) is 4. The minimum atomic E-state index is -0.776. The van der Waals surface area contributed by atoms with Gasteiger partial charge in [-0.25, -0.2) is 0 Å². The Bertz CT molecular complexity index is 1060. The maximum Gasteiger partial charge on any atom is 0.303 e. The Balaban J connectivity index is 1.25. The molecule has 10 nitrogen and oxygen atoms in total. The van der Waals surface area contributed by atoms with Crippen molar-refractivity contribution in [3.05, 3.63) is 36.0 Å². The first-order valence-electron chi connectivity index (χ1n) is 15.4. The highest BCUT2D eigenvalue weighted by Gasteiger charge is 2.58. The lowest BCUT2D eigenvalue weighted by atomic mass is 9.87. The van der Waals surface area contributed by atoms with Gasteiger partial charge in [0.2, 0.25) is 11.8 Å². The van der Waals surface area contributed by atoms with Crippen LogP contribution >= 0.6 is 0 Å². The van der Waals surface area contributed by atoms with Crippen LogP contribution in [0.5, 0.6) is 0 Å². The fourth-order valence-corrected chi connectivity index (χ4v) is 5.93. The smallest absolute Gasteiger partial charge is 0.303 e. The number of allylic oxidation sites excluding steroid dienone is 2. The lowest BCUT2D eigenvalue weighted by molar-refractivity contribution is -0.146. The summed E-state index contributed by atoms with van der Waals surface area (Å²) in [6.45, 7) is 9.60. The predicted octanol–water partition coefficient (Wildman–Crippen LogP) is 3.03. The third-order valence-electron chi connectivity index (χ3n) is 8.81. The largest absolute Gasteiger partial charge is 0.459 e. The van der Waals surface area contributed by atoms with E-state index in [1.807, 2.05) is 26.0 Å². The fourth-order valence-electron chi connectivity index (χ4n) is 5.93. The first kappa shape index (κ1) is 32.4. The molecule has 3 saturated heterocycles. The molecule has 0 aromatic rings. The van der Waals surface area contributed by atoms with Crippen LogP contribution in [0.3, 0.4) is 0 Å². The summed E-state index contributed by atoms with van der Waals surface area (Å²) in [5.41, 5.74) is 0.406. The molecule has 234 valence electrons. The number of aliphatic hydroxyl groups is 1. The number of nitrogens with one attached hydrogen (secondary N) is 2. The zero-order valence-corrected chi connectivity index (χ0v) is 25.5. The van der Waals surface area contributed by atoms with Gasteiger partial charge in [0.1, 0.15) is 23.9 Å². The summed E-state index contributed by atoms with van der Waals surface area (Å²) in [7, 11) is 0.